The monoisotopic (exact) mass is 288 g/mol. The molecule has 0 aromatic carbocycles. The summed E-state index contributed by atoms with van der Waals surface area (Å²) >= 11 is 0. The van der Waals surface area contributed by atoms with Gasteiger partial charge in [-0.15, -0.1) is 12.4 Å². The lowest BCUT2D eigenvalue weighted by Crippen LogP contribution is -2.46. The number of nitrogens with one attached hydrogen (secondary N) is 2. The molecule has 1 heterocycles. The average Bonchev–Trinajstić information content (AvgIpc) is 2.68. The first-order chi connectivity index (χ1) is 8.77. The van der Waals surface area contributed by atoms with E-state index in [1.807, 2.05) is 0 Å². The van der Waals surface area contributed by atoms with E-state index in [-0.39, 0.29) is 18.3 Å². The van der Waals surface area contributed by atoms with Crippen LogP contribution in [0.5, 0.6) is 0 Å². The average molecular weight is 289 g/mol. The Bertz CT molecular complexity index is 259. The van der Waals surface area contributed by atoms with Crippen LogP contribution in [0.25, 0.3) is 0 Å². The van der Waals surface area contributed by atoms with E-state index in [1.54, 1.807) is 0 Å². The molecule has 112 valence electrons. The number of hydrogen-bond acceptors (Lipinski definition) is 2. The number of halogens is 1. The molecule has 1 saturated heterocycles. The highest BCUT2D eigenvalue weighted by molar-refractivity contribution is 5.85. The van der Waals surface area contributed by atoms with Crippen LogP contribution in [0.15, 0.2) is 0 Å². The summed E-state index contributed by atoms with van der Waals surface area (Å²) < 4.78 is 0. The lowest BCUT2D eigenvalue weighted by molar-refractivity contribution is -0.126. The second kappa shape index (κ2) is 8.80. The lowest BCUT2D eigenvalue weighted by Gasteiger charge is -2.30. The third-order valence-corrected chi connectivity index (χ3v) is 4.64. The summed E-state index contributed by atoms with van der Waals surface area (Å²) in [5.74, 6) is 1.22. The minimum atomic E-state index is 0. The molecule has 0 spiro atoms. The zero-order valence-corrected chi connectivity index (χ0v) is 12.9. The minimum absolute atomic E-state index is 0. The molecule has 0 aromatic rings. The SMILES string of the molecule is CC(NC(=O)C1CCCCCC1)C1CCCNC1.Cl. The van der Waals surface area contributed by atoms with Crippen molar-refractivity contribution in [1.29, 1.82) is 0 Å². The first kappa shape index (κ1) is 16.8. The van der Waals surface area contributed by atoms with Gasteiger partial charge in [0.05, 0.1) is 0 Å². The molecule has 2 N–H and O–H groups in total. The molecule has 0 bridgehead atoms. The van der Waals surface area contributed by atoms with Gasteiger partial charge < -0.3 is 10.6 Å². The van der Waals surface area contributed by atoms with E-state index in [0.29, 0.717) is 17.9 Å². The molecule has 1 saturated carbocycles. The Labute approximate surface area is 123 Å². The molecular formula is C15H29ClN2O. The quantitative estimate of drug-likeness (QED) is 0.784. The van der Waals surface area contributed by atoms with E-state index in [4.69, 9.17) is 0 Å². The number of hydrogen-bond donors (Lipinski definition) is 2. The van der Waals surface area contributed by atoms with Crippen molar-refractivity contribution in [2.45, 2.75) is 64.3 Å². The predicted octanol–water partition coefficient (Wildman–Crippen LogP) is 2.88. The van der Waals surface area contributed by atoms with Crippen molar-refractivity contribution in [1.82, 2.24) is 10.6 Å². The number of amides is 1. The molecule has 0 aromatic heterocycles. The van der Waals surface area contributed by atoms with Crippen molar-refractivity contribution in [2.24, 2.45) is 11.8 Å². The molecule has 2 unspecified atom stereocenters. The largest absolute Gasteiger partial charge is 0.353 e. The van der Waals surface area contributed by atoms with Gasteiger partial charge in [0.2, 0.25) is 5.91 Å². The van der Waals surface area contributed by atoms with Gasteiger partial charge in [-0.25, -0.2) is 0 Å². The van der Waals surface area contributed by atoms with Gasteiger partial charge in [0.15, 0.2) is 0 Å². The lowest BCUT2D eigenvalue weighted by atomic mass is 9.91. The van der Waals surface area contributed by atoms with Gasteiger partial charge >= 0.3 is 0 Å². The van der Waals surface area contributed by atoms with E-state index in [0.717, 1.165) is 25.9 Å². The maximum Gasteiger partial charge on any atom is 0.223 e. The van der Waals surface area contributed by atoms with Crippen LogP contribution >= 0.6 is 12.4 Å². The van der Waals surface area contributed by atoms with Crippen molar-refractivity contribution in [3.8, 4) is 0 Å². The van der Waals surface area contributed by atoms with Gasteiger partial charge in [-0.3, -0.25) is 4.79 Å². The van der Waals surface area contributed by atoms with Gasteiger partial charge in [-0.05, 0) is 51.6 Å². The molecular weight excluding hydrogens is 260 g/mol. The number of piperidine rings is 1. The molecule has 2 fully saturated rings. The highest BCUT2D eigenvalue weighted by Gasteiger charge is 2.25. The summed E-state index contributed by atoms with van der Waals surface area (Å²) in [7, 11) is 0. The molecule has 19 heavy (non-hydrogen) atoms. The van der Waals surface area contributed by atoms with Crippen LogP contribution in [0.1, 0.15) is 58.3 Å². The van der Waals surface area contributed by atoms with Gasteiger partial charge in [-0.2, -0.15) is 0 Å². The van der Waals surface area contributed by atoms with Crippen LogP contribution in [-0.4, -0.2) is 25.0 Å². The fourth-order valence-corrected chi connectivity index (χ4v) is 3.31. The maximum atomic E-state index is 12.3. The highest BCUT2D eigenvalue weighted by Crippen LogP contribution is 2.23. The van der Waals surface area contributed by atoms with Crippen LogP contribution in [0.4, 0.5) is 0 Å². The fourth-order valence-electron chi connectivity index (χ4n) is 3.31. The van der Waals surface area contributed by atoms with E-state index < -0.39 is 0 Å². The Morgan fingerprint density at radius 1 is 1.11 bits per heavy atom. The zero-order chi connectivity index (χ0) is 12.8. The standard InChI is InChI=1S/C15H28N2O.ClH/c1-12(14-9-6-10-16-11-14)17-15(18)13-7-4-2-3-5-8-13;/h12-14,16H,2-11H2,1H3,(H,17,18);1H. The Kier molecular flexibility index (Phi) is 7.77. The summed E-state index contributed by atoms with van der Waals surface area (Å²) in [4.78, 5) is 12.3. The molecule has 1 aliphatic heterocycles. The molecule has 1 amide bonds. The van der Waals surface area contributed by atoms with E-state index in [2.05, 4.69) is 17.6 Å². The van der Waals surface area contributed by atoms with Gasteiger partial charge in [0.1, 0.15) is 0 Å². The molecule has 2 aliphatic rings. The second-order valence-electron chi connectivity index (χ2n) is 6.09. The van der Waals surface area contributed by atoms with Crippen LogP contribution in [0, 0.1) is 11.8 Å². The molecule has 1 aliphatic carbocycles. The molecule has 2 rings (SSSR count). The predicted molar refractivity (Wildman–Crippen MR) is 81.6 cm³/mol. The summed E-state index contributed by atoms with van der Waals surface area (Å²) in [6.07, 6.45) is 9.78. The summed E-state index contributed by atoms with van der Waals surface area (Å²) in [5, 5.41) is 6.70. The van der Waals surface area contributed by atoms with Gasteiger partial charge in [0, 0.05) is 12.0 Å². The van der Waals surface area contributed by atoms with E-state index in [9.17, 15) is 4.79 Å². The van der Waals surface area contributed by atoms with Crippen LogP contribution in [-0.2, 0) is 4.79 Å². The third-order valence-electron chi connectivity index (χ3n) is 4.64. The summed E-state index contributed by atoms with van der Waals surface area (Å²) in [6.45, 7) is 4.37. The van der Waals surface area contributed by atoms with Gasteiger partial charge in [-0.1, -0.05) is 25.7 Å². The molecule has 3 nitrogen and oxygen atoms in total. The van der Waals surface area contributed by atoms with Crippen LogP contribution in [0.2, 0.25) is 0 Å². The number of carbonyl (C=O) groups is 1. The zero-order valence-electron chi connectivity index (χ0n) is 12.1. The maximum absolute atomic E-state index is 12.3. The molecule has 0 radical (unpaired) electrons. The van der Waals surface area contributed by atoms with Crippen molar-refractivity contribution in [2.75, 3.05) is 13.1 Å². The number of carbonyl (C=O) groups excluding carboxylic acids is 1. The molecule has 2 atom stereocenters. The van der Waals surface area contributed by atoms with E-state index >= 15 is 0 Å². The summed E-state index contributed by atoms with van der Waals surface area (Å²) in [6, 6.07) is 0.327. The third kappa shape index (κ3) is 5.31. The molecule has 4 heteroatoms. The smallest absolute Gasteiger partial charge is 0.223 e. The van der Waals surface area contributed by atoms with Crippen molar-refractivity contribution in [3.63, 3.8) is 0 Å². The van der Waals surface area contributed by atoms with Crippen molar-refractivity contribution in [3.05, 3.63) is 0 Å². The fraction of sp³-hybridized carbons (Fsp3) is 0.933. The number of rotatable bonds is 3. The Balaban J connectivity index is 0.00000180. The first-order valence-corrected chi connectivity index (χ1v) is 7.78. The topological polar surface area (TPSA) is 41.1 Å². The van der Waals surface area contributed by atoms with Crippen LogP contribution < -0.4 is 10.6 Å². The van der Waals surface area contributed by atoms with Crippen molar-refractivity contribution < 1.29 is 4.79 Å². The van der Waals surface area contributed by atoms with E-state index in [1.165, 1.54) is 38.5 Å². The Hall–Kier alpha value is -0.280. The first-order valence-electron chi connectivity index (χ1n) is 7.78. The van der Waals surface area contributed by atoms with Gasteiger partial charge in [0.25, 0.3) is 0 Å². The second-order valence-corrected chi connectivity index (χ2v) is 6.09. The van der Waals surface area contributed by atoms with Crippen LogP contribution in [0.3, 0.4) is 0 Å². The Morgan fingerprint density at radius 2 is 1.79 bits per heavy atom. The normalized spacial score (nSPS) is 26.9. The Morgan fingerprint density at radius 3 is 2.37 bits per heavy atom. The highest BCUT2D eigenvalue weighted by atomic mass is 35.5. The minimum Gasteiger partial charge on any atom is -0.353 e. The van der Waals surface area contributed by atoms with Crippen molar-refractivity contribution >= 4 is 18.3 Å². The summed E-state index contributed by atoms with van der Waals surface area (Å²) in [5.41, 5.74) is 0.